The number of aryl methyl sites for hydroxylation is 2. The molecule has 0 N–H and O–H groups in total. The lowest BCUT2D eigenvalue weighted by atomic mass is 10.1. The Labute approximate surface area is 105 Å². The summed E-state index contributed by atoms with van der Waals surface area (Å²) in [4.78, 5) is 16.4. The van der Waals surface area contributed by atoms with Crippen LogP contribution in [0.5, 0.6) is 0 Å². The fourth-order valence-corrected chi connectivity index (χ4v) is 1.97. The van der Waals surface area contributed by atoms with Crippen LogP contribution in [0.1, 0.15) is 29.5 Å². The third kappa shape index (κ3) is 2.07. The van der Waals surface area contributed by atoms with E-state index in [-0.39, 0.29) is 5.78 Å². The molecule has 2 rings (SSSR count). The first kappa shape index (κ1) is 12.1. The zero-order valence-electron chi connectivity index (χ0n) is 10.2. The Kier molecular flexibility index (Phi) is 3.20. The van der Waals surface area contributed by atoms with Gasteiger partial charge >= 0.3 is 0 Å². The number of fused-ring (bicyclic) bond motifs is 1. The second-order valence-electron chi connectivity index (χ2n) is 4.16. The molecular weight excluding hydrogens is 236 g/mol. The van der Waals surface area contributed by atoms with Gasteiger partial charge in [-0.25, -0.2) is 4.98 Å². The molecule has 0 amide bonds. The van der Waals surface area contributed by atoms with E-state index in [1.807, 2.05) is 43.7 Å². The maximum Gasteiger partial charge on any atom is 0.180 e. The molecule has 1 unspecified atom stereocenters. The number of carbonyl (C=O) groups excluding carboxylic acids is 1. The highest BCUT2D eigenvalue weighted by Gasteiger charge is 2.16. The van der Waals surface area contributed by atoms with Crippen molar-refractivity contribution in [2.45, 2.75) is 25.6 Å². The number of Topliss-reactive ketones (excluding diaryl/α,β-unsaturated/α-hetero) is 1. The predicted molar refractivity (Wildman–Crippen MR) is 69.7 cm³/mol. The SMILES string of the molecule is CCC(Cl)C(=O)c1ccc2c(c1)nc(C)n2C. The van der Waals surface area contributed by atoms with E-state index in [1.165, 1.54) is 0 Å². The highest BCUT2D eigenvalue weighted by Crippen LogP contribution is 2.19. The largest absolute Gasteiger partial charge is 0.331 e. The standard InChI is InChI=1S/C13H15ClN2O/c1-4-10(14)13(17)9-5-6-12-11(7-9)15-8(2)16(12)3/h5-7,10H,4H2,1-3H3. The van der Waals surface area contributed by atoms with Gasteiger partial charge in [0.05, 0.1) is 16.4 Å². The summed E-state index contributed by atoms with van der Waals surface area (Å²) >= 11 is 5.96. The molecule has 0 saturated heterocycles. The van der Waals surface area contributed by atoms with Crippen molar-refractivity contribution in [1.29, 1.82) is 0 Å². The van der Waals surface area contributed by atoms with Crippen LogP contribution in [-0.2, 0) is 7.05 Å². The molecule has 1 aromatic heterocycles. The van der Waals surface area contributed by atoms with Crippen LogP contribution in [0.15, 0.2) is 18.2 Å². The quantitative estimate of drug-likeness (QED) is 0.620. The monoisotopic (exact) mass is 250 g/mol. The lowest BCUT2D eigenvalue weighted by molar-refractivity contribution is 0.0986. The maximum atomic E-state index is 11.9. The highest BCUT2D eigenvalue weighted by atomic mass is 35.5. The first-order valence-corrected chi connectivity index (χ1v) is 6.09. The van der Waals surface area contributed by atoms with Gasteiger partial charge in [0.15, 0.2) is 5.78 Å². The fourth-order valence-electron chi connectivity index (χ4n) is 1.84. The summed E-state index contributed by atoms with van der Waals surface area (Å²) in [6.45, 7) is 3.84. The van der Waals surface area contributed by atoms with E-state index in [1.54, 1.807) is 0 Å². The molecule has 0 bridgehead atoms. The van der Waals surface area contributed by atoms with Crippen molar-refractivity contribution in [1.82, 2.24) is 9.55 Å². The summed E-state index contributed by atoms with van der Waals surface area (Å²) in [5.74, 6) is 0.905. The number of benzene rings is 1. The molecular formula is C13H15ClN2O. The Balaban J connectivity index is 2.48. The molecule has 0 aliphatic carbocycles. The molecule has 0 saturated carbocycles. The molecule has 0 fully saturated rings. The number of ketones is 1. The molecule has 1 aromatic carbocycles. The van der Waals surface area contributed by atoms with E-state index in [4.69, 9.17) is 11.6 Å². The number of hydrogen-bond acceptors (Lipinski definition) is 2. The van der Waals surface area contributed by atoms with Gasteiger partial charge in [-0.15, -0.1) is 11.6 Å². The number of rotatable bonds is 3. The Bertz CT molecular complexity index is 574. The van der Waals surface area contributed by atoms with Gasteiger partial charge in [0.2, 0.25) is 0 Å². The number of carbonyl (C=O) groups is 1. The summed E-state index contributed by atoms with van der Waals surface area (Å²) in [5, 5.41) is -0.447. The Morgan fingerprint density at radius 2 is 2.24 bits per heavy atom. The molecule has 1 atom stereocenters. The first-order valence-electron chi connectivity index (χ1n) is 5.66. The molecule has 0 aliphatic heterocycles. The van der Waals surface area contributed by atoms with Gasteiger partial charge in [-0.2, -0.15) is 0 Å². The smallest absolute Gasteiger partial charge is 0.180 e. The van der Waals surface area contributed by atoms with Crippen LogP contribution in [0.3, 0.4) is 0 Å². The number of nitrogens with zero attached hydrogens (tertiary/aromatic N) is 2. The molecule has 4 heteroatoms. The zero-order valence-corrected chi connectivity index (χ0v) is 11.0. The molecule has 0 spiro atoms. The van der Waals surface area contributed by atoms with Crippen molar-refractivity contribution < 1.29 is 4.79 Å². The van der Waals surface area contributed by atoms with Gasteiger partial charge < -0.3 is 4.57 Å². The van der Waals surface area contributed by atoms with Crippen molar-refractivity contribution >= 4 is 28.4 Å². The number of imidazole rings is 1. The second-order valence-corrected chi connectivity index (χ2v) is 4.69. The Morgan fingerprint density at radius 1 is 1.53 bits per heavy atom. The van der Waals surface area contributed by atoms with Crippen LogP contribution in [0.25, 0.3) is 11.0 Å². The van der Waals surface area contributed by atoms with Crippen molar-refractivity contribution in [2.75, 3.05) is 0 Å². The van der Waals surface area contributed by atoms with E-state index in [0.29, 0.717) is 12.0 Å². The molecule has 90 valence electrons. The number of aromatic nitrogens is 2. The molecule has 17 heavy (non-hydrogen) atoms. The summed E-state index contributed by atoms with van der Waals surface area (Å²) in [6, 6.07) is 5.55. The lowest BCUT2D eigenvalue weighted by Gasteiger charge is -2.05. The fraction of sp³-hybridized carbons (Fsp3) is 0.385. The topological polar surface area (TPSA) is 34.9 Å². The molecule has 0 radical (unpaired) electrons. The maximum absolute atomic E-state index is 11.9. The van der Waals surface area contributed by atoms with Crippen LogP contribution < -0.4 is 0 Å². The van der Waals surface area contributed by atoms with Crippen LogP contribution in [0, 0.1) is 6.92 Å². The summed E-state index contributed by atoms with van der Waals surface area (Å²) in [6.07, 6.45) is 0.639. The van der Waals surface area contributed by atoms with E-state index >= 15 is 0 Å². The minimum Gasteiger partial charge on any atom is -0.331 e. The Morgan fingerprint density at radius 3 is 2.88 bits per heavy atom. The van der Waals surface area contributed by atoms with Crippen LogP contribution in [0.2, 0.25) is 0 Å². The minimum absolute atomic E-state index is 0.0284. The van der Waals surface area contributed by atoms with Gasteiger partial charge in [0.25, 0.3) is 0 Å². The second kappa shape index (κ2) is 4.49. The molecule has 0 aliphatic rings. The van der Waals surface area contributed by atoms with Gasteiger partial charge in [-0.3, -0.25) is 4.79 Å². The van der Waals surface area contributed by atoms with E-state index in [0.717, 1.165) is 16.9 Å². The lowest BCUT2D eigenvalue weighted by Crippen LogP contribution is -2.13. The molecule has 3 nitrogen and oxygen atoms in total. The zero-order chi connectivity index (χ0) is 12.6. The van der Waals surface area contributed by atoms with E-state index in [2.05, 4.69) is 4.98 Å². The van der Waals surface area contributed by atoms with E-state index < -0.39 is 5.38 Å². The van der Waals surface area contributed by atoms with E-state index in [9.17, 15) is 4.79 Å². The molecule has 2 aromatic rings. The van der Waals surface area contributed by atoms with Gasteiger partial charge in [0, 0.05) is 12.6 Å². The summed E-state index contributed by atoms with van der Waals surface area (Å²) < 4.78 is 2.00. The first-order chi connectivity index (χ1) is 8.04. The third-order valence-electron chi connectivity index (χ3n) is 3.03. The highest BCUT2D eigenvalue weighted by molar-refractivity contribution is 6.34. The summed E-state index contributed by atoms with van der Waals surface area (Å²) in [5.41, 5.74) is 2.51. The van der Waals surface area contributed by atoms with Crippen LogP contribution >= 0.6 is 11.6 Å². The summed E-state index contributed by atoms with van der Waals surface area (Å²) in [7, 11) is 1.96. The average Bonchev–Trinajstić information content (AvgIpc) is 2.62. The number of halogens is 1. The minimum atomic E-state index is -0.447. The molecule has 1 heterocycles. The van der Waals surface area contributed by atoms with Gasteiger partial charge in [0.1, 0.15) is 5.82 Å². The van der Waals surface area contributed by atoms with Crippen molar-refractivity contribution in [3.8, 4) is 0 Å². The van der Waals surface area contributed by atoms with Crippen LogP contribution in [0.4, 0.5) is 0 Å². The predicted octanol–water partition coefficient (Wildman–Crippen LogP) is 3.08. The van der Waals surface area contributed by atoms with Crippen molar-refractivity contribution in [3.05, 3.63) is 29.6 Å². The Hall–Kier alpha value is -1.35. The van der Waals surface area contributed by atoms with Gasteiger partial charge in [-0.1, -0.05) is 6.92 Å². The number of hydrogen-bond donors (Lipinski definition) is 0. The number of alkyl halides is 1. The van der Waals surface area contributed by atoms with Crippen LogP contribution in [-0.4, -0.2) is 20.7 Å². The third-order valence-corrected chi connectivity index (χ3v) is 3.54. The normalized spacial score (nSPS) is 12.9. The van der Waals surface area contributed by atoms with Crippen molar-refractivity contribution in [2.24, 2.45) is 7.05 Å². The van der Waals surface area contributed by atoms with Gasteiger partial charge in [-0.05, 0) is 31.5 Å². The van der Waals surface area contributed by atoms with Crippen molar-refractivity contribution in [3.63, 3.8) is 0 Å². The average molecular weight is 251 g/mol.